The largest absolute Gasteiger partial charge is 0.493 e. The van der Waals surface area contributed by atoms with Gasteiger partial charge in [-0.2, -0.15) is 0 Å². The van der Waals surface area contributed by atoms with Gasteiger partial charge in [0.1, 0.15) is 0 Å². The summed E-state index contributed by atoms with van der Waals surface area (Å²) >= 11 is 0. The fourth-order valence-electron chi connectivity index (χ4n) is 4.51. The Morgan fingerprint density at radius 3 is 1.59 bits per heavy atom. The fraction of sp³-hybridized carbons (Fsp3) is 0.500. The zero-order chi connectivity index (χ0) is 24.7. The van der Waals surface area contributed by atoms with Crippen molar-refractivity contribution in [2.75, 3.05) is 62.3 Å². The lowest BCUT2D eigenvalue weighted by Crippen LogP contribution is -2.32. The Morgan fingerprint density at radius 1 is 0.735 bits per heavy atom. The molecule has 1 heterocycles. The monoisotopic (exact) mass is 473 g/mol. The number of rotatable bonds is 12. The summed E-state index contributed by atoms with van der Waals surface area (Å²) in [6.45, 7) is 2.65. The Morgan fingerprint density at radius 2 is 1.18 bits per heavy atom. The highest BCUT2D eigenvalue weighted by Crippen LogP contribution is 2.41. The van der Waals surface area contributed by atoms with E-state index in [0.29, 0.717) is 53.0 Å². The second-order valence-corrected chi connectivity index (χ2v) is 8.22. The number of ether oxygens (including phenoxy) is 6. The van der Waals surface area contributed by atoms with Crippen molar-refractivity contribution in [3.8, 4) is 34.5 Å². The number of methoxy groups -OCH3 is 6. The van der Waals surface area contributed by atoms with Crippen LogP contribution in [0.2, 0.25) is 0 Å². The molecule has 8 nitrogen and oxygen atoms in total. The van der Waals surface area contributed by atoms with E-state index in [1.807, 2.05) is 12.1 Å². The van der Waals surface area contributed by atoms with Gasteiger partial charge in [-0.3, -0.25) is 4.79 Å². The quantitative estimate of drug-likeness (QED) is 0.430. The number of likely N-dealkylation sites (tertiary alicyclic amines) is 1. The standard InChI is InChI=1S/C26H35NO7/c1-29-20-12-17(13-21(30-2)25(20)33-5)11-19(16-27-9-7-8-10-27)24(28)18-14-22(31-3)26(34-6)23(15-18)32-4/h12-15,19H,7-11,16H2,1-6H3. The molecule has 0 radical (unpaired) electrons. The zero-order valence-electron chi connectivity index (χ0n) is 20.9. The van der Waals surface area contributed by atoms with Gasteiger partial charge in [-0.15, -0.1) is 0 Å². The van der Waals surface area contributed by atoms with Gasteiger partial charge in [-0.05, 0) is 62.2 Å². The van der Waals surface area contributed by atoms with E-state index in [4.69, 9.17) is 28.4 Å². The highest BCUT2D eigenvalue weighted by atomic mass is 16.5. The first-order chi connectivity index (χ1) is 16.5. The van der Waals surface area contributed by atoms with E-state index in [1.54, 1.807) is 54.8 Å². The normalized spacial score (nSPS) is 14.4. The summed E-state index contributed by atoms with van der Waals surface area (Å²) in [6, 6.07) is 7.24. The van der Waals surface area contributed by atoms with Crippen molar-refractivity contribution in [2.24, 2.45) is 5.92 Å². The molecule has 2 aromatic carbocycles. The molecule has 2 aromatic rings. The zero-order valence-corrected chi connectivity index (χ0v) is 20.9. The van der Waals surface area contributed by atoms with E-state index < -0.39 is 0 Å². The number of nitrogens with zero attached hydrogens (tertiary/aromatic N) is 1. The maximum absolute atomic E-state index is 13.8. The summed E-state index contributed by atoms with van der Waals surface area (Å²) in [5, 5.41) is 0. The van der Waals surface area contributed by atoms with E-state index in [9.17, 15) is 4.79 Å². The summed E-state index contributed by atoms with van der Waals surface area (Å²) in [7, 11) is 9.38. The summed E-state index contributed by atoms with van der Waals surface area (Å²) in [4.78, 5) is 16.2. The topological polar surface area (TPSA) is 75.7 Å². The second-order valence-electron chi connectivity index (χ2n) is 8.22. The van der Waals surface area contributed by atoms with Gasteiger partial charge >= 0.3 is 0 Å². The molecule has 0 N–H and O–H groups in total. The first-order valence-electron chi connectivity index (χ1n) is 11.3. The Bertz CT molecular complexity index is 935. The molecule has 0 saturated carbocycles. The van der Waals surface area contributed by atoms with E-state index in [-0.39, 0.29) is 11.7 Å². The smallest absolute Gasteiger partial charge is 0.203 e. The average molecular weight is 474 g/mol. The minimum absolute atomic E-state index is 0.0138. The lowest BCUT2D eigenvalue weighted by atomic mass is 9.90. The third-order valence-electron chi connectivity index (χ3n) is 6.20. The first-order valence-corrected chi connectivity index (χ1v) is 11.3. The number of ketones is 1. The molecule has 8 heteroatoms. The molecule has 0 amide bonds. The van der Waals surface area contributed by atoms with Crippen LogP contribution in [0, 0.1) is 5.92 Å². The third-order valence-corrected chi connectivity index (χ3v) is 6.20. The molecule has 1 atom stereocenters. The van der Waals surface area contributed by atoms with Crippen LogP contribution in [0.4, 0.5) is 0 Å². The predicted molar refractivity (Wildman–Crippen MR) is 129 cm³/mol. The van der Waals surface area contributed by atoms with Gasteiger partial charge in [0.15, 0.2) is 28.8 Å². The molecule has 0 aromatic heterocycles. The first kappa shape index (κ1) is 25.5. The van der Waals surface area contributed by atoms with Crippen LogP contribution < -0.4 is 28.4 Å². The number of benzene rings is 2. The maximum atomic E-state index is 13.8. The highest BCUT2D eigenvalue weighted by molar-refractivity contribution is 5.99. The van der Waals surface area contributed by atoms with Crippen molar-refractivity contribution in [1.29, 1.82) is 0 Å². The molecule has 34 heavy (non-hydrogen) atoms. The van der Waals surface area contributed by atoms with E-state index in [2.05, 4.69) is 4.90 Å². The van der Waals surface area contributed by atoms with Crippen molar-refractivity contribution in [3.05, 3.63) is 35.4 Å². The third kappa shape index (κ3) is 5.50. The molecule has 0 bridgehead atoms. The van der Waals surface area contributed by atoms with Crippen LogP contribution in [0.3, 0.4) is 0 Å². The van der Waals surface area contributed by atoms with Crippen molar-refractivity contribution in [3.63, 3.8) is 0 Å². The van der Waals surface area contributed by atoms with Gasteiger partial charge in [0.2, 0.25) is 11.5 Å². The number of carbonyl (C=O) groups excluding carboxylic acids is 1. The van der Waals surface area contributed by atoms with Crippen LogP contribution in [0.1, 0.15) is 28.8 Å². The Balaban J connectivity index is 1.99. The molecule has 1 saturated heterocycles. The molecule has 1 aliphatic rings. The fourth-order valence-corrected chi connectivity index (χ4v) is 4.51. The SMILES string of the molecule is COc1cc(CC(CN2CCCC2)C(=O)c2cc(OC)c(OC)c(OC)c2)cc(OC)c1OC. The average Bonchev–Trinajstić information content (AvgIpc) is 3.39. The van der Waals surface area contributed by atoms with Crippen LogP contribution in [0.5, 0.6) is 34.5 Å². The molecule has 186 valence electrons. The van der Waals surface area contributed by atoms with Crippen LogP contribution in [0.15, 0.2) is 24.3 Å². The minimum Gasteiger partial charge on any atom is -0.493 e. The maximum Gasteiger partial charge on any atom is 0.203 e. The van der Waals surface area contributed by atoms with Crippen LogP contribution in [-0.2, 0) is 6.42 Å². The molecule has 1 unspecified atom stereocenters. The van der Waals surface area contributed by atoms with Gasteiger partial charge in [-0.25, -0.2) is 0 Å². The van der Waals surface area contributed by atoms with Crippen LogP contribution in [-0.4, -0.2) is 73.0 Å². The number of Topliss-reactive ketones (excluding diaryl/α,β-unsaturated/α-hetero) is 1. The van der Waals surface area contributed by atoms with Crippen molar-refractivity contribution in [2.45, 2.75) is 19.3 Å². The van der Waals surface area contributed by atoms with Crippen LogP contribution in [0.25, 0.3) is 0 Å². The minimum atomic E-state index is -0.288. The lowest BCUT2D eigenvalue weighted by molar-refractivity contribution is 0.0887. The predicted octanol–water partition coefficient (Wildman–Crippen LogP) is 3.88. The summed E-state index contributed by atoms with van der Waals surface area (Å²) in [6.07, 6.45) is 2.81. The van der Waals surface area contributed by atoms with Gasteiger partial charge in [0.25, 0.3) is 0 Å². The molecule has 0 spiro atoms. The van der Waals surface area contributed by atoms with E-state index >= 15 is 0 Å². The van der Waals surface area contributed by atoms with Crippen molar-refractivity contribution in [1.82, 2.24) is 4.90 Å². The highest BCUT2D eigenvalue weighted by Gasteiger charge is 2.28. The lowest BCUT2D eigenvalue weighted by Gasteiger charge is -2.24. The van der Waals surface area contributed by atoms with Crippen molar-refractivity contribution >= 4 is 5.78 Å². The Hall–Kier alpha value is -3.13. The Labute approximate surface area is 201 Å². The van der Waals surface area contributed by atoms with Gasteiger partial charge in [0.05, 0.1) is 42.7 Å². The van der Waals surface area contributed by atoms with E-state index in [1.165, 1.54) is 0 Å². The van der Waals surface area contributed by atoms with Crippen LogP contribution >= 0.6 is 0 Å². The molecular formula is C26H35NO7. The summed E-state index contributed by atoms with van der Waals surface area (Å²) in [5.41, 5.74) is 1.45. The molecule has 0 aliphatic carbocycles. The number of carbonyl (C=O) groups is 1. The molecule has 1 aliphatic heterocycles. The summed E-state index contributed by atoms with van der Waals surface area (Å²) in [5.74, 6) is 2.76. The number of hydrogen-bond donors (Lipinski definition) is 0. The molecule has 1 fully saturated rings. The van der Waals surface area contributed by atoms with Crippen molar-refractivity contribution < 1.29 is 33.2 Å². The molecule has 3 rings (SSSR count). The van der Waals surface area contributed by atoms with E-state index in [0.717, 1.165) is 31.5 Å². The van der Waals surface area contributed by atoms with Gasteiger partial charge in [-0.1, -0.05) is 0 Å². The van der Waals surface area contributed by atoms with Gasteiger partial charge in [0, 0.05) is 18.0 Å². The summed E-state index contributed by atoms with van der Waals surface area (Å²) < 4.78 is 32.9. The number of hydrogen-bond acceptors (Lipinski definition) is 8. The Kier molecular flexibility index (Phi) is 8.87. The van der Waals surface area contributed by atoms with Gasteiger partial charge < -0.3 is 33.3 Å². The molecular weight excluding hydrogens is 438 g/mol. The second kappa shape index (κ2) is 11.8.